The van der Waals surface area contributed by atoms with Crippen LogP contribution in [0.4, 0.5) is 4.79 Å². The second-order valence-corrected chi connectivity index (χ2v) is 7.37. The molecule has 0 radical (unpaired) electrons. The number of aromatic nitrogens is 2. The number of carbonyl (C=O) groups is 1. The van der Waals surface area contributed by atoms with E-state index in [1.165, 1.54) is 0 Å². The van der Waals surface area contributed by atoms with Crippen LogP contribution in [-0.4, -0.2) is 72.7 Å². The van der Waals surface area contributed by atoms with Crippen molar-refractivity contribution in [1.29, 1.82) is 0 Å². The quantitative estimate of drug-likeness (QED) is 0.538. The first-order chi connectivity index (χ1) is 13.4. The van der Waals surface area contributed by atoms with Crippen LogP contribution in [0.5, 0.6) is 0 Å². The summed E-state index contributed by atoms with van der Waals surface area (Å²) < 4.78 is 12.7. The number of hydrogen-bond donors (Lipinski definition) is 2. The molecule has 2 N–H and O–H groups in total. The van der Waals surface area contributed by atoms with Crippen LogP contribution < -0.4 is 10.6 Å². The van der Waals surface area contributed by atoms with Crippen molar-refractivity contribution in [3.8, 4) is 0 Å². The van der Waals surface area contributed by atoms with Gasteiger partial charge in [0.15, 0.2) is 5.96 Å². The first-order valence-electron chi connectivity index (χ1n) is 9.91. The van der Waals surface area contributed by atoms with Crippen molar-refractivity contribution in [3.63, 3.8) is 0 Å². The van der Waals surface area contributed by atoms with E-state index < -0.39 is 0 Å². The third-order valence-corrected chi connectivity index (χ3v) is 4.53. The third-order valence-electron chi connectivity index (χ3n) is 4.53. The number of guanidine groups is 1. The summed E-state index contributed by atoms with van der Waals surface area (Å²) in [5.74, 6) is 1.26. The van der Waals surface area contributed by atoms with Crippen LogP contribution in [0.15, 0.2) is 17.4 Å². The van der Waals surface area contributed by atoms with Gasteiger partial charge in [0, 0.05) is 45.0 Å². The van der Waals surface area contributed by atoms with Gasteiger partial charge in [-0.25, -0.2) is 4.79 Å². The minimum absolute atomic E-state index is 0.0361. The van der Waals surface area contributed by atoms with E-state index in [-0.39, 0.29) is 18.2 Å². The van der Waals surface area contributed by atoms with Gasteiger partial charge in [0.1, 0.15) is 6.10 Å². The maximum Gasteiger partial charge on any atom is 0.407 e. The molecular formula is C19H34N6O3. The van der Waals surface area contributed by atoms with Crippen molar-refractivity contribution < 1.29 is 14.3 Å². The Morgan fingerprint density at radius 3 is 2.89 bits per heavy atom. The van der Waals surface area contributed by atoms with E-state index in [0.29, 0.717) is 32.2 Å². The Balaban J connectivity index is 1.94. The fourth-order valence-electron chi connectivity index (χ4n) is 3.30. The molecule has 0 aliphatic carbocycles. The average molecular weight is 395 g/mol. The second kappa shape index (κ2) is 10.9. The summed E-state index contributed by atoms with van der Waals surface area (Å²) in [5, 5.41) is 10.6. The lowest BCUT2D eigenvalue weighted by Crippen LogP contribution is -2.52. The first-order valence-corrected chi connectivity index (χ1v) is 9.91. The van der Waals surface area contributed by atoms with Gasteiger partial charge < -0.3 is 25.0 Å². The summed E-state index contributed by atoms with van der Waals surface area (Å²) in [7, 11) is 3.67. The molecule has 158 valence electrons. The highest BCUT2D eigenvalue weighted by Gasteiger charge is 2.25. The Bertz CT molecular complexity index is 645. The molecular weight excluding hydrogens is 360 g/mol. The van der Waals surface area contributed by atoms with Gasteiger partial charge >= 0.3 is 6.09 Å². The molecule has 9 heteroatoms. The van der Waals surface area contributed by atoms with E-state index in [9.17, 15) is 4.79 Å². The first kappa shape index (κ1) is 22.0. The fraction of sp³-hybridized carbons (Fsp3) is 0.737. The Labute approximate surface area is 167 Å². The average Bonchev–Trinajstić information content (AvgIpc) is 3.08. The predicted octanol–water partition coefficient (Wildman–Crippen LogP) is 1.53. The zero-order valence-corrected chi connectivity index (χ0v) is 17.6. The molecule has 0 saturated carbocycles. The van der Waals surface area contributed by atoms with E-state index in [4.69, 9.17) is 9.47 Å². The predicted molar refractivity (Wildman–Crippen MR) is 108 cm³/mol. The van der Waals surface area contributed by atoms with Gasteiger partial charge in [-0.1, -0.05) is 13.8 Å². The Kier molecular flexibility index (Phi) is 8.56. The normalized spacial score (nSPS) is 18.9. The summed E-state index contributed by atoms with van der Waals surface area (Å²) in [6, 6.07) is -0.0361. The Morgan fingerprint density at radius 2 is 2.29 bits per heavy atom. The molecule has 0 aromatic carbocycles. The lowest BCUT2D eigenvalue weighted by molar-refractivity contribution is -0.00805. The number of nitrogens with one attached hydrogen (secondary N) is 2. The molecule has 1 aliphatic rings. The van der Waals surface area contributed by atoms with Gasteiger partial charge in [-0.2, -0.15) is 5.10 Å². The molecule has 0 spiro atoms. The van der Waals surface area contributed by atoms with Gasteiger partial charge in [0.05, 0.1) is 26.0 Å². The van der Waals surface area contributed by atoms with E-state index in [0.717, 1.165) is 24.5 Å². The van der Waals surface area contributed by atoms with E-state index >= 15 is 0 Å². The molecule has 1 fully saturated rings. The SMILES string of the molecule is CCOC(=O)NC(CNC(=NC)N1CCOC(c2cnn(C)c2)C1)CC(C)C. The van der Waals surface area contributed by atoms with Gasteiger partial charge in [-0.15, -0.1) is 0 Å². The summed E-state index contributed by atoms with van der Waals surface area (Å²) in [5.41, 5.74) is 1.06. The van der Waals surface area contributed by atoms with Crippen LogP contribution in [0, 0.1) is 5.92 Å². The number of aliphatic imine (C=N–C) groups is 1. The second-order valence-electron chi connectivity index (χ2n) is 7.37. The molecule has 0 bridgehead atoms. The maximum absolute atomic E-state index is 11.8. The van der Waals surface area contributed by atoms with Crippen molar-refractivity contribution in [2.24, 2.45) is 18.0 Å². The minimum atomic E-state index is -0.382. The van der Waals surface area contributed by atoms with Gasteiger partial charge in [-0.3, -0.25) is 9.67 Å². The molecule has 1 aromatic heterocycles. The lowest BCUT2D eigenvalue weighted by Gasteiger charge is -2.35. The van der Waals surface area contributed by atoms with Crippen molar-refractivity contribution in [2.75, 3.05) is 39.9 Å². The number of alkyl carbamates (subject to hydrolysis) is 1. The van der Waals surface area contributed by atoms with Gasteiger partial charge in [0.2, 0.25) is 0 Å². The van der Waals surface area contributed by atoms with Crippen molar-refractivity contribution in [3.05, 3.63) is 18.0 Å². The lowest BCUT2D eigenvalue weighted by atomic mass is 10.0. The zero-order valence-electron chi connectivity index (χ0n) is 17.6. The van der Waals surface area contributed by atoms with Crippen molar-refractivity contribution in [2.45, 2.75) is 39.3 Å². The molecule has 2 unspecified atom stereocenters. The highest BCUT2D eigenvalue weighted by molar-refractivity contribution is 5.80. The number of amides is 1. The molecule has 1 saturated heterocycles. The minimum Gasteiger partial charge on any atom is -0.450 e. The monoisotopic (exact) mass is 394 g/mol. The summed E-state index contributed by atoms with van der Waals surface area (Å²) in [6.45, 7) is 9.09. The number of nitrogens with zero attached hydrogens (tertiary/aromatic N) is 4. The summed E-state index contributed by atoms with van der Waals surface area (Å²) in [6.07, 6.45) is 4.25. The largest absolute Gasteiger partial charge is 0.450 e. The number of morpholine rings is 1. The molecule has 2 atom stereocenters. The van der Waals surface area contributed by atoms with Crippen molar-refractivity contribution >= 4 is 12.1 Å². The molecule has 2 rings (SSSR count). The van der Waals surface area contributed by atoms with Crippen LogP contribution in [0.25, 0.3) is 0 Å². The molecule has 2 heterocycles. The zero-order chi connectivity index (χ0) is 20.5. The van der Waals surface area contributed by atoms with Crippen LogP contribution in [-0.2, 0) is 16.5 Å². The highest BCUT2D eigenvalue weighted by atomic mass is 16.5. The Hall–Kier alpha value is -2.29. The van der Waals surface area contributed by atoms with E-state index in [1.54, 1.807) is 18.7 Å². The topological polar surface area (TPSA) is 93.0 Å². The van der Waals surface area contributed by atoms with Crippen LogP contribution in [0.3, 0.4) is 0 Å². The molecule has 28 heavy (non-hydrogen) atoms. The molecule has 1 aliphatic heterocycles. The number of hydrogen-bond acceptors (Lipinski definition) is 5. The number of ether oxygens (including phenoxy) is 2. The van der Waals surface area contributed by atoms with E-state index in [2.05, 4.69) is 39.5 Å². The smallest absolute Gasteiger partial charge is 0.407 e. The van der Waals surface area contributed by atoms with E-state index in [1.807, 2.05) is 19.4 Å². The van der Waals surface area contributed by atoms with Crippen LogP contribution in [0.1, 0.15) is 38.9 Å². The van der Waals surface area contributed by atoms with Crippen LogP contribution >= 0.6 is 0 Å². The molecule has 1 aromatic rings. The number of aryl methyl sites for hydroxylation is 1. The summed E-state index contributed by atoms with van der Waals surface area (Å²) in [4.78, 5) is 18.4. The highest BCUT2D eigenvalue weighted by Crippen LogP contribution is 2.21. The van der Waals surface area contributed by atoms with Crippen molar-refractivity contribution in [1.82, 2.24) is 25.3 Å². The standard InChI is InChI=1S/C19H34N6O3/c1-6-27-19(26)23-16(9-14(2)3)11-21-18(20-4)25-7-8-28-17(13-25)15-10-22-24(5)12-15/h10,12,14,16-17H,6-9,11,13H2,1-5H3,(H,20,21)(H,23,26). The van der Waals surface area contributed by atoms with Gasteiger partial charge in [-0.05, 0) is 19.3 Å². The Morgan fingerprint density at radius 1 is 1.50 bits per heavy atom. The fourth-order valence-corrected chi connectivity index (χ4v) is 3.30. The maximum atomic E-state index is 11.8. The number of carbonyl (C=O) groups excluding carboxylic acids is 1. The molecule has 9 nitrogen and oxygen atoms in total. The summed E-state index contributed by atoms with van der Waals surface area (Å²) >= 11 is 0. The molecule has 1 amide bonds. The number of rotatable bonds is 7. The van der Waals surface area contributed by atoms with Crippen LogP contribution in [0.2, 0.25) is 0 Å². The third kappa shape index (κ3) is 6.70. The van der Waals surface area contributed by atoms with Gasteiger partial charge in [0.25, 0.3) is 0 Å².